The molecule has 3 heterocycles. The molecule has 2 aromatic heterocycles. The molecule has 1 saturated heterocycles. The molecule has 1 aliphatic heterocycles. The number of rotatable bonds is 32. The van der Waals surface area contributed by atoms with Crippen LogP contribution in [0.3, 0.4) is 0 Å². The Balaban J connectivity index is 1.32. The summed E-state index contributed by atoms with van der Waals surface area (Å²) in [5, 5.41) is 26.6. The molecule has 2 aromatic rings. The number of phosphoric ester groups is 3. The zero-order chi connectivity index (χ0) is 48.3. The van der Waals surface area contributed by atoms with Gasteiger partial charge in [-0.2, -0.15) is 4.31 Å². The van der Waals surface area contributed by atoms with Crippen LogP contribution in [0.1, 0.15) is 110 Å². The fourth-order valence-corrected chi connectivity index (χ4v) is 10.0. The van der Waals surface area contributed by atoms with Crippen LogP contribution in [0.5, 0.6) is 0 Å². The Labute approximate surface area is 381 Å². The average Bonchev–Trinajstić information content (AvgIpc) is 3.79. The number of nitrogen functional groups attached to an aromatic ring is 1. The van der Waals surface area contributed by atoms with Crippen molar-refractivity contribution in [2.75, 3.05) is 37.8 Å². The number of aliphatic hydroxyl groups excluding tert-OH is 2. The van der Waals surface area contributed by atoms with Gasteiger partial charge in [0.2, 0.25) is 11.8 Å². The number of nitrogens with two attached hydrogens (primary N) is 1. The van der Waals surface area contributed by atoms with Crippen LogP contribution in [0, 0.1) is 17.8 Å². The summed E-state index contributed by atoms with van der Waals surface area (Å²) in [6, 6.07) is 0. The molecule has 1 fully saturated rings. The van der Waals surface area contributed by atoms with Gasteiger partial charge < -0.3 is 50.9 Å². The molecule has 0 bridgehead atoms. The minimum absolute atomic E-state index is 0.0318. The third kappa shape index (κ3) is 20.5. The van der Waals surface area contributed by atoms with Gasteiger partial charge in [-0.15, -0.1) is 12.3 Å². The van der Waals surface area contributed by atoms with Crippen LogP contribution in [0.25, 0.3) is 11.2 Å². The van der Waals surface area contributed by atoms with Crippen LogP contribution in [-0.4, -0.2) is 123 Å². The number of ether oxygens (including phenoxy) is 1. The zero-order valence-corrected chi connectivity index (χ0v) is 39.8. The van der Waals surface area contributed by atoms with Crippen molar-refractivity contribution in [3.8, 4) is 12.3 Å². The van der Waals surface area contributed by atoms with Crippen molar-refractivity contribution < 1.29 is 80.5 Å². The second kappa shape index (κ2) is 27.2. The molecule has 10 N–H and O–H groups in total. The number of unbranched alkanes of at least 4 members (excludes halogenated alkanes) is 11. The predicted octanol–water partition coefficient (Wildman–Crippen LogP) is 3.37. The van der Waals surface area contributed by atoms with Crippen LogP contribution in [0.2, 0.25) is 0 Å². The first-order valence-electron chi connectivity index (χ1n) is 21.0. The first-order chi connectivity index (χ1) is 30.6. The number of fused-ring (bicyclic) bond motifs is 1. The molecular formula is C37H62N7O17P3S. The maximum absolute atomic E-state index is 12.7. The fraction of sp³-hybridized carbons (Fsp3) is 0.730. The van der Waals surface area contributed by atoms with Gasteiger partial charge in [-0.3, -0.25) is 32.5 Å². The lowest BCUT2D eigenvalue weighted by atomic mass is 9.87. The second-order valence-corrected chi connectivity index (χ2v) is 21.3. The molecule has 0 saturated carbocycles. The summed E-state index contributed by atoms with van der Waals surface area (Å²) >= 11 is 1.14. The van der Waals surface area contributed by atoms with E-state index in [0.717, 1.165) is 67.5 Å². The standard InChI is InChI=1S/C37H62N7O17P3S/c1-4-5-6-7-8-9-10-11-12-13-14-15-16-17-28(46)65-21-20-39-27(45)18-19-40-35(49)32(48)37(2,3)23-58-64(55,56)61-63(53,54)57-22-26-31(60-62(50,51)52)30(47)36(59-26)44-25-43-29-33(38)41-24-42-34(29)44/h1,24-26,30-32,36,47-48H,5-23H2,2-3H3,(H,39,45)(H,40,49)(H,53,54)(H,55,56)(H2,38,41,42)(H2,50,51,52)/t26-,30-,31-,32+,36-/m1/s1. The lowest BCUT2D eigenvalue weighted by molar-refractivity contribution is -0.137. The summed E-state index contributed by atoms with van der Waals surface area (Å²) in [5.41, 5.74) is 4.28. The lowest BCUT2D eigenvalue weighted by Gasteiger charge is -2.30. The number of phosphoric acid groups is 3. The summed E-state index contributed by atoms with van der Waals surface area (Å²) in [7, 11) is -16.4. The van der Waals surface area contributed by atoms with E-state index in [4.69, 9.17) is 25.9 Å². The number of thioether (sulfide) groups is 1. The highest BCUT2D eigenvalue weighted by Crippen LogP contribution is 2.61. The minimum atomic E-state index is -5.58. The van der Waals surface area contributed by atoms with Crippen molar-refractivity contribution in [2.24, 2.45) is 5.41 Å². The van der Waals surface area contributed by atoms with Crippen molar-refractivity contribution in [3.63, 3.8) is 0 Å². The molecule has 1 aliphatic rings. The zero-order valence-electron chi connectivity index (χ0n) is 36.3. The number of aromatic nitrogens is 4. The highest BCUT2D eigenvalue weighted by atomic mass is 32.2. The maximum Gasteiger partial charge on any atom is 0.481 e. The number of carbonyl (C=O) groups excluding carboxylic acids is 3. The molecular weight excluding hydrogens is 939 g/mol. The van der Waals surface area contributed by atoms with E-state index in [1.54, 1.807) is 0 Å². The minimum Gasteiger partial charge on any atom is -0.386 e. The van der Waals surface area contributed by atoms with Crippen LogP contribution >= 0.6 is 35.2 Å². The van der Waals surface area contributed by atoms with Gasteiger partial charge in [-0.05, 0) is 12.8 Å². The van der Waals surface area contributed by atoms with Crippen molar-refractivity contribution in [2.45, 2.75) is 134 Å². The van der Waals surface area contributed by atoms with Crippen LogP contribution in [0.15, 0.2) is 12.7 Å². The normalized spacial score (nSPS) is 20.2. The third-order valence-corrected chi connectivity index (χ3v) is 14.0. The van der Waals surface area contributed by atoms with E-state index in [9.17, 15) is 57.9 Å². The van der Waals surface area contributed by atoms with Crippen molar-refractivity contribution in [3.05, 3.63) is 12.7 Å². The Morgan fingerprint density at radius 1 is 0.923 bits per heavy atom. The Hall–Kier alpha value is -2.88. The molecule has 65 heavy (non-hydrogen) atoms. The summed E-state index contributed by atoms with van der Waals surface area (Å²) in [5.74, 6) is 1.62. The predicted molar refractivity (Wildman–Crippen MR) is 236 cm³/mol. The van der Waals surface area contributed by atoms with Gasteiger partial charge >= 0.3 is 23.5 Å². The number of hydrogen-bond acceptors (Lipinski definition) is 18. The van der Waals surface area contributed by atoms with Crippen molar-refractivity contribution >= 4 is 69.1 Å². The Kier molecular flexibility index (Phi) is 23.6. The van der Waals surface area contributed by atoms with Gasteiger partial charge in [0.05, 0.1) is 19.5 Å². The maximum atomic E-state index is 12.7. The number of carbonyl (C=O) groups is 3. The lowest BCUT2D eigenvalue weighted by Crippen LogP contribution is -2.46. The Bertz CT molecular complexity index is 2040. The molecule has 2 unspecified atom stereocenters. The quantitative estimate of drug-likeness (QED) is 0.0288. The second-order valence-electron chi connectivity index (χ2n) is 15.9. The SMILES string of the molecule is C#CCCCCCCCCCCCCCC(=O)SCCNC(=O)CCNC(=O)[C@H](O)C(C)(C)COP(=O)(O)OP(=O)(O)OC[C@H]1O[C@@H](n2cnc3c(N)ncnc32)[C@H](O)[C@@H]1OP(=O)(O)O. The smallest absolute Gasteiger partial charge is 0.386 e. The van der Waals surface area contributed by atoms with Gasteiger partial charge in [0, 0.05) is 43.5 Å². The molecule has 28 heteroatoms. The van der Waals surface area contributed by atoms with Crippen LogP contribution in [0.4, 0.5) is 5.82 Å². The number of anilines is 1. The number of hydrogen-bond donors (Lipinski definition) is 9. The van der Waals surface area contributed by atoms with Gasteiger partial charge in [-0.25, -0.2) is 28.6 Å². The first-order valence-corrected chi connectivity index (χ1v) is 26.5. The van der Waals surface area contributed by atoms with Crippen LogP contribution < -0.4 is 16.4 Å². The van der Waals surface area contributed by atoms with E-state index >= 15 is 0 Å². The average molecular weight is 1000 g/mol. The van der Waals surface area contributed by atoms with Crippen molar-refractivity contribution in [1.82, 2.24) is 30.2 Å². The number of aliphatic hydroxyl groups is 2. The molecule has 368 valence electrons. The highest BCUT2D eigenvalue weighted by Gasteiger charge is 2.50. The van der Waals surface area contributed by atoms with Crippen LogP contribution in [-0.2, 0) is 50.7 Å². The number of nitrogens with one attached hydrogen (secondary N) is 2. The molecule has 0 aromatic carbocycles. The fourth-order valence-electron chi connectivity index (χ4n) is 6.45. The van der Waals surface area contributed by atoms with E-state index < -0.39 is 84.6 Å². The van der Waals surface area contributed by atoms with E-state index in [2.05, 4.69) is 40.3 Å². The van der Waals surface area contributed by atoms with Crippen molar-refractivity contribution in [1.29, 1.82) is 0 Å². The van der Waals surface area contributed by atoms with E-state index in [-0.39, 0.29) is 41.6 Å². The molecule has 0 aliphatic carbocycles. The number of amides is 2. The summed E-state index contributed by atoms with van der Waals surface area (Å²) < 4.78 is 62.4. The Morgan fingerprint density at radius 3 is 2.17 bits per heavy atom. The largest absolute Gasteiger partial charge is 0.481 e. The molecule has 7 atom stereocenters. The molecule has 2 amide bonds. The highest BCUT2D eigenvalue weighted by molar-refractivity contribution is 8.13. The Morgan fingerprint density at radius 2 is 1.54 bits per heavy atom. The molecule has 0 spiro atoms. The number of imidazole rings is 1. The summed E-state index contributed by atoms with van der Waals surface area (Å²) in [6.45, 7) is 0.553. The van der Waals surface area contributed by atoms with E-state index in [0.29, 0.717) is 12.2 Å². The van der Waals surface area contributed by atoms with Gasteiger partial charge in [0.15, 0.2) is 22.8 Å². The summed E-state index contributed by atoms with van der Waals surface area (Å²) in [4.78, 5) is 88.2. The topological polar surface area (TPSA) is 364 Å². The van der Waals surface area contributed by atoms with Gasteiger partial charge in [0.25, 0.3) is 0 Å². The summed E-state index contributed by atoms with van der Waals surface area (Å²) in [6.07, 6.45) is 12.3. The van der Waals surface area contributed by atoms with Gasteiger partial charge in [0.1, 0.15) is 36.3 Å². The molecule has 0 radical (unpaired) electrons. The van der Waals surface area contributed by atoms with E-state index in [1.807, 2.05) is 0 Å². The van der Waals surface area contributed by atoms with E-state index in [1.165, 1.54) is 52.4 Å². The monoisotopic (exact) mass is 1000 g/mol. The number of terminal acetylenes is 1. The third-order valence-electron chi connectivity index (χ3n) is 9.97. The molecule has 3 rings (SSSR count). The number of nitrogens with zero attached hydrogens (tertiary/aromatic N) is 4. The molecule has 24 nitrogen and oxygen atoms in total. The first kappa shape index (κ1) is 56.4. The van der Waals surface area contributed by atoms with Gasteiger partial charge in [-0.1, -0.05) is 83.4 Å².